The van der Waals surface area contributed by atoms with Crippen molar-refractivity contribution in [2.75, 3.05) is 6.61 Å². The zero-order valence-electron chi connectivity index (χ0n) is 12.7. The van der Waals surface area contributed by atoms with E-state index < -0.39 is 5.97 Å². The summed E-state index contributed by atoms with van der Waals surface area (Å²) in [4.78, 5) is 22.9. The fourth-order valence-electron chi connectivity index (χ4n) is 2.28. The highest BCUT2D eigenvalue weighted by Gasteiger charge is 2.09. The third-order valence-corrected chi connectivity index (χ3v) is 3.55. The molecule has 0 heterocycles. The first kappa shape index (κ1) is 16.0. The highest BCUT2D eigenvalue weighted by Crippen LogP contribution is 2.19. The number of ether oxygens (including phenoxy) is 1. The van der Waals surface area contributed by atoms with Crippen LogP contribution < -0.4 is 0 Å². The fraction of sp³-hybridized carbons (Fsp3) is 0.333. The summed E-state index contributed by atoms with van der Waals surface area (Å²) in [6.07, 6.45) is 4.25. The molecule has 4 heteroatoms. The van der Waals surface area contributed by atoms with Gasteiger partial charge in [-0.1, -0.05) is 38.3 Å². The van der Waals surface area contributed by atoms with Crippen LogP contribution in [0.2, 0.25) is 0 Å². The topological polar surface area (TPSA) is 63.6 Å². The number of carboxylic acids is 1. The Balaban J connectivity index is 2.04. The summed E-state index contributed by atoms with van der Waals surface area (Å²) in [5.74, 6) is -1.29. The third-order valence-electron chi connectivity index (χ3n) is 3.55. The number of fused-ring (bicyclic) bond motifs is 1. The third kappa shape index (κ3) is 4.07. The first-order valence-corrected chi connectivity index (χ1v) is 7.56. The minimum Gasteiger partial charge on any atom is -0.478 e. The van der Waals surface area contributed by atoms with E-state index in [1.54, 1.807) is 30.3 Å². The van der Waals surface area contributed by atoms with Crippen LogP contribution in [0.4, 0.5) is 0 Å². The number of carboxylic acid groups (broad SMARTS) is 1. The van der Waals surface area contributed by atoms with E-state index in [1.807, 2.05) is 0 Å². The molecule has 0 fully saturated rings. The van der Waals surface area contributed by atoms with Gasteiger partial charge in [-0.25, -0.2) is 9.59 Å². The van der Waals surface area contributed by atoms with Gasteiger partial charge in [-0.2, -0.15) is 0 Å². The van der Waals surface area contributed by atoms with E-state index in [1.165, 1.54) is 6.07 Å². The Kier molecular flexibility index (Phi) is 5.53. The maximum absolute atomic E-state index is 12.0. The standard InChI is InChI=1S/C18H20O4/c1-2-3-4-5-10-22-18(21)16-9-7-13-11-15(17(19)20)8-6-14(13)12-16/h6-9,11-12H,2-5,10H2,1H3,(H,19,20). The molecule has 0 amide bonds. The van der Waals surface area contributed by atoms with Gasteiger partial charge in [0.25, 0.3) is 0 Å². The van der Waals surface area contributed by atoms with Gasteiger partial charge >= 0.3 is 11.9 Å². The molecule has 4 nitrogen and oxygen atoms in total. The number of carbonyl (C=O) groups is 2. The Hall–Kier alpha value is -2.36. The van der Waals surface area contributed by atoms with Crippen molar-refractivity contribution < 1.29 is 19.4 Å². The Bertz CT molecular complexity index is 676. The Morgan fingerprint density at radius 2 is 1.59 bits per heavy atom. The van der Waals surface area contributed by atoms with Crippen LogP contribution in [0.3, 0.4) is 0 Å². The van der Waals surface area contributed by atoms with Gasteiger partial charge in [-0.15, -0.1) is 0 Å². The summed E-state index contributed by atoms with van der Waals surface area (Å²) < 4.78 is 5.25. The zero-order chi connectivity index (χ0) is 15.9. The fourth-order valence-corrected chi connectivity index (χ4v) is 2.28. The lowest BCUT2D eigenvalue weighted by Gasteiger charge is -2.06. The molecule has 0 saturated heterocycles. The molecule has 0 aliphatic carbocycles. The lowest BCUT2D eigenvalue weighted by Crippen LogP contribution is -2.06. The van der Waals surface area contributed by atoms with Crippen LogP contribution in [0.25, 0.3) is 10.8 Å². The Labute approximate surface area is 129 Å². The molecular formula is C18H20O4. The molecule has 2 rings (SSSR count). The molecule has 2 aromatic rings. The summed E-state index contributed by atoms with van der Waals surface area (Å²) in [7, 11) is 0. The van der Waals surface area contributed by atoms with E-state index in [-0.39, 0.29) is 11.5 Å². The van der Waals surface area contributed by atoms with Crippen molar-refractivity contribution in [1.29, 1.82) is 0 Å². The quantitative estimate of drug-likeness (QED) is 0.612. The maximum Gasteiger partial charge on any atom is 0.338 e. The van der Waals surface area contributed by atoms with Crippen molar-refractivity contribution >= 4 is 22.7 Å². The average Bonchev–Trinajstić information content (AvgIpc) is 2.53. The molecule has 0 bridgehead atoms. The second-order valence-corrected chi connectivity index (χ2v) is 5.28. The van der Waals surface area contributed by atoms with Gasteiger partial charge in [-0.3, -0.25) is 0 Å². The number of aromatic carboxylic acids is 1. The first-order chi connectivity index (χ1) is 10.6. The lowest BCUT2D eigenvalue weighted by molar-refractivity contribution is 0.0497. The van der Waals surface area contributed by atoms with Crippen molar-refractivity contribution in [2.24, 2.45) is 0 Å². The summed E-state index contributed by atoms with van der Waals surface area (Å²) >= 11 is 0. The number of esters is 1. The molecule has 116 valence electrons. The summed E-state index contributed by atoms with van der Waals surface area (Å²) in [6, 6.07) is 9.98. The predicted octanol–water partition coefficient (Wildman–Crippen LogP) is 4.28. The molecule has 0 aliphatic rings. The van der Waals surface area contributed by atoms with Crippen LogP contribution in [0.5, 0.6) is 0 Å². The molecular weight excluding hydrogens is 280 g/mol. The normalized spacial score (nSPS) is 10.6. The molecule has 22 heavy (non-hydrogen) atoms. The van der Waals surface area contributed by atoms with Gasteiger partial charge in [0.1, 0.15) is 0 Å². The first-order valence-electron chi connectivity index (χ1n) is 7.56. The number of hydrogen-bond donors (Lipinski definition) is 1. The van der Waals surface area contributed by atoms with Gasteiger partial charge < -0.3 is 9.84 Å². The molecule has 0 saturated carbocycles. The van der Waals surface area contributed by atoms with Crippen LogP contribution in [-0.2, 0) is 4.74 Å². The SMILES string of the molecule is CCCCCCOC(=O)c1ccc2cc(C(=O)O)ccc2c1. The monoisotopic (exact) mass is 300 g/mol. The average molecular weight is 300 g/mol. The number of hydrogen-bond acceptors (Lipinski definition) is 3. The van der Waals surface area contributed by atoms with Crippen LogP contribution >= 0.6 is 0 Å². The van der Waals surface area contributed by atoms with Gasteiger partial charge in [-0.05, 0) is 41.5 Å². The van der Waals surface area contributed by atoms with Crippen molar-refractivity contribution in [3.8, 4) is 0 Å². The second kappa shape index (κ2) is 7.59. The molecule has 0 spiro atoms. The van der Waals surface area contributed by atoms with Gasteiger partial charge in [0.15, 0.2) is 0 Å². The highest BCUT2D eigenvalue weighted by molar-refractivity contribution is 5.98. The van der Waals surface area contributed by atoms with E-state index in [9.17, 15) is 9.59 Å². The smallest absolute Gasteiger partial charge is 0.338 e. The summed E-state index contributed by atoms with van der Waals surface area (Å²) in [6.45, 7) is 2.58. The minimum atomic E-state index is -0.961. The van der Waals surface area contributed by atoms with Crippen molar-refractivity contribution in [1.82, 2.24) is 0 Å². The van der Waals surface area contributed by atoms with E-state index in [2.05, 4.69) is 6.92 Å². The van der Waals surface area contributed by atoms with E-state index in [0.29, 0.717) is 12.2 Å². The number of rotatable bonds is 7. The van der Waals surface area contributed by atoms with Crippen LogP contribution in [0, 0.1) is 0 Å². The van der Waals surface area contributed by atoms with E-state index >= 15 is 0 Å². The van der Waals surface area contributed by atoms with Crippen molar-refractivity contribution in [3.05, 3.63) is 47.5 Å². The molecule has 0 aliphatic heterocycles. The Morgan fingerprint density at radius 1 is 0.955 bits per heavy atom. The summed E-state index contributed by atoms with van der Waals surface area (Å²) in [5.41, 5.74) is 0.727. The predicted molar refractivity (Wildman–Crippen MR) is 85.3 cm³/mol. The number of unbranched alkanes of at least 4 members (excludes halogenated alkanes) is 3. The lowest BCUT2D eigenvalue weighted by atomic mass is 10.0. The number of benzene rings is 2. The molecule has 1 N–H and O–H groups in total. The van der Waals surface area contributed by atoms with Gasteiger partial charge in [0.2, 0.25) is 0 Å². The molecule has 2 aromatic carbocycles. The maximum atomic E-state index is 12.0. The minimum absolute atomic E-state index is 0.235. The molecule has 0 radical (unpaired) electrons. The van der Waals surface area contributed by atoms with E-state index in [0.717, 1.165) is 36.5 Å². The second-order valence-electron chi connectivity index (χ2n) is 5.28. The Morgan fingerprint density at radius 3 is 2.23 bits per heavy atom. The van der Waals surface area contributed by atoms with Crippen LogP contribution in [0.1, 0.15) is 53.3 Å². The molecule has 0 aromatic heterocycles. The van der Waals surface area contributed by atoms with Gasteiger partial charge in [0.05, 0.1) is 17.7 Å². The molecule has 0 atom stereocenters. The van der Waals surface area contributed by atoms with Crippen molar-refractivity contribution in [3.63, 3.8) is 0 Å². The molecule has 0 unspecified atom stereocenters. The van der Waals surface area contributed by atoms with Gasteiger partial charge in [0, 0.05) is 0 Å². The summed E-state index contributed by atoms with van der Waals surface area (Å²) in [5, 5.41) is 10.6. The van der Waals surface area contributed by atoms with Crippen LogP contribution in [0.15, 0.2) is 36.4 Å². The number of carbonyl (C=O) groups excluding carboxylic acids is 1. The van der Waals surface area contributed by atoms with Crippen molar-refractivity contribution in [2.45, 2.75) is 32.6 Å². The van der Waals surface area contributed by atoms with E-state index in [4.69, 9.17) is 9.84 Å². The zero-order valence-corrected chi connectivity index (χ0v) is 12.7. The van der Waals surface area contributed by atoms with Crippen LogP contribution in [-0.4, -0.2) is 23.7 Å². The largest absolute Gasteiger partial charge is 0.478 e. The highest BCUT2D eigenvalue weighted by atomic mass is 16.5.